The Morgan fingerprint density at radius 1 is 1.16 bits per heavy atom. The van der Waals surface area contributed by atoms with Crippen molar-refractivity contribution < 1.29 is 19.0 Å². The average Bonchev–Trinajstić information content (AvgIpc) is 3.26. The number of rotatable bonds is 4. The van der Waals surface area contributed by atoms with Crippen LogP contribution in [0.5, 0.6) is 5.75 Å². The topological polar surface area (TPSA) is 57.7 Å². The summed E-state index contributed by atoms with van der Waals surface area (Å²) in [7, 11) is 3.06. The Balaban J connectivity index is 1.85. The van der Waals surface area contributed by atoms with E-state index in [0.29, 0.717) is 22.9 Å². The van der Waals surface area contributed by atoms with Crippen LogP contribution < -0.4 is 4.74 Å². The monoisotopic (exact) mass is 513 g/mol. The van der Waals surface area contributed by atoms with Crippen molar-refractivity contribution in [2.45, 2.75) is 23.5 Å². The molecular weight excluding hydrogens is 494 g/mol. The Morgan fingerprint density at radius 2 is 1.88 bits per heavy atom. The number of pyridine rings is 1. The van der Waals surface area contributed by atoms with Gasteiger partial charge in [-0.2, -0.15) is 0 Å². The van der Waals surface area contributed by atoms with Crippen LogP contribution in [0.1, 0.15) is 29.2 Å². The van der Waals surface area contributed by atoms with Gasteiger partial charge in [0.2, 0.25) is 0 Å². The lowest BCUT2D eigenvalue weighted by molar-refractivity contribution is -0.146. The first-order chi connectivity index (χ1) is 15.5. The molecule has 1 aromatic heterocycles. The van der Waals surface area contributed by atoms with Gasteiger partial charge in [0.05, 0.1) is 18.1 Å². The summed E-state index contributed by atoms with van der Waals surface area (Å²) in [5.74, 6) is -0.631. The second-order valence-corrected chi connectivity index (χ2v) is 9.45. The molecular formula is C25H21BrClNO4. The van der Waals surface area contributed by atoms with Crippen LogP contribution in [-0.2, 0) is 25.5 Å². The molecule has 2 aromatic carbocycles. The van der Waals surface area contributed by atoms with Crippen molar-refractivity contribution >= 4 is 33.5 Å². The van der Waals surface area contributed by atoms with E-state index in [-0.39, 0.29) is 11.9 Å². The molecule has 32 heavy (non-hydrogen) atoms. The lowest BCUT2D eigenvalue weighted by Crippen LogP contribution is -2.49. The van der Waals surface area contributed by atoms with Gasteiger partial charge in [0, 0.05) is 36.2 Å². The number of benzene rings is 2. The number of esters is 1. The van der Waals surface area contributed by atoms with Gasteiger partial charge in [-0.3, -0.25) is 9.78 Å². The highest BCUT2D eigenvalue weighted by Crippen LogP contribution is 2.69. The first-order valence-electron chi connectivity index (χ1n) is 10.3. The molecule has 0 spiro atoms. The molecule has 0 radical (unpaired) electrons. The van der Waals surface area contributed by atoms with Gasteiger partial charge in [-0.25, -0.2) is 0 Å². The number of nitrogens with zero attached hydrogens (tertiary/aromatic N) is 1. The summed E-state index contributed by atoms with van der Waals surface area (Å²) >= 11 is 9.80. The van der Waals surface area contributed by atoms with Crippen LogP contribution in [0.3, 0.4) is 0 Å². The van der Waals surface area contributed by atoms with Crippen LogP contribution in [0.15, 0.2) is 71.3 Å². The quantitative estimate of drug-likeness (QED) is 0.424. The maximum absolute atomic E-state index is 13.1. The number of hydrogen-bond acceptors (Lipinski definition) is 5. The highest BCUT2D eigenvalue weighted by atomic mass is 79.9. The standard InChI is InChI=1S/C25H21BrClNO4/c1-30-23(29)19-13-24(31-2)22-20(12-18(27)14-28-22)32-25(24,16-8-10-17(26)11-9-16)21(19)15-6-4-3-5-7-15/h3-12,14,19,21H,13H2,1-2H3/t19-,21+,24+,25-/m0/s1. The van der Waals surface area contributed by atoms with Gasteiger partial charge in [0.25, 0.3) is 0 Å². The largest absolute Gasteiger partial charge is 0.476 e. The zero-order valence-electron chi connectivity index (χ0n) is 17.5. The number of carbonyl (C=O) groups excluding carboxylic acids is 1. The molecule has 4 atom stereocenters. The van der Waals surface area contributed by atoms with Crippen LogP contribution in [0.4, 0.5) is 0 Å². The van der Waals surface area contributed by atoms with E-state index in [4.69, 9.17) is 25.8 Å². The molecule has 3 aromatic rings. The normalized spacial score (nSPS) is 28.0. The van der Waals surface area contributed by atoms with E-state index in [1.165, 1.54) is 7.11 Å². The van der Waals surface area contributed by atoms with Crippen molar-refractivity contribution in [3.63, 3.8) is 0 Å². The maximum atomic E-state index is 13.1. The molecule has 0 bridgehead atoms. The second kappa shape index (κ2) is 7.87. The second-order valence-electron chi connectivity index (χ2n) is 8.10. The molecule has 5 rings (SSSR count). The number of hydrogen-bond donors (Lipinski definition) is 0. The van der Waals surface area contributed by atoms with E-state index >= 15 is 0 Å². The van der Waals surface area contributed by atoms with Gasteiger partial charge in [-0.05, 0) is 23.3 Å². The zero-order chi connectivity index (χ0) is 22.5. The minimum Gasteiger partial charge on any atom is -0.476 e. The van der Waals surface area contributed by atoms with E-state index in [2.05, 4.69) is 20.9 Å². The van der Waals surface area contributed by atoms with E-state index in [9.17, 15) is 4.79 Å². The van der Waals surface area contributed by atoms with Crippen molar-refractivity contribution in [3.05, 3.63) is 93.2 Å². The number of carbonyl (C=O) groups is 1. The van der Waals surface area contributed by atoms with Crippen LogP contribution in [0, 0.1) is 5.92 Å². The highest BCUT2D eigenvalue weighted by molar-refractivity contribution is 9.10. The van der Waals surface area contributed by atoms with E-state index < -0.39 is 17.1 Å². The molecule has 1 aliphatic carbocycles. The third kappa shape index (κ3) is 2.86. The van der Waals surface area contributed by atoms with Gasteiger partial charge in [0.15, 0.2) is 11.2 Å². The summed E-state index contributed by atoms with van der Waals surface area (Å²) in [5.41, 5.74) is 0.420. The predicted octanol–water partition coefficient (Wildman–Crippen LogP) is 5.60. The summed E-state index contributed by atoms with van der Waals surface area (Å²) in [5, 5.41) is 0.474. The first-order valence-corrected chi connectivity index (χ1v) is 11.4. The number of fused-ring (bicyclic) bond motifs is 3. The molecule has 0 unspecified atom stereocenters. The van der Waals surface area contributed by atoms with Crippen molar-refractivity contribution in [1.29, 1.82) is 0 Å². The van der Waals surface area contributed by atoms with E-state index in [1.807, 2.05) is 54.6 Å². The molecule has 2 heterocycles. The molecule has 1 fully saturated rings. The molecule has 5 nitrogen and oxygen atoms in total. The van der Waals surface area contributed by atoms with Crippen LogP contribution in [0.2, 0.25) is 5.02 Å². The van der Waals surface area contributed by atoms with Crippen LogP contribution in [-0.4, -0.2) is 25.2 Å². The van der Waals surface area contributed by atoms with Crippen LogP contribution in [0.25, 0.3) is 0 Å². The molecule has 0 N–H and O–H groups in total. The highest BCUT2D eigenvalue weighted by Gasteiger charge is 2.74. The number of methoxy groups -OCH3 is 2. The van der Waals surface area contributed by atoms with Crippen molar-refractivity contribution in [2.75, 3.05) is 14.2 Å². The summed E-state index contributed by atoms with van der Waals surface area (Å²) in [4.78, 5) is 17.7. The third-order valence-electron chi connectivity index (χ3n) is 6.70. The van der Waals surface area contributed by atoms with E-state index in [0.717, 1.165) is 15.6 Å². The Labute approximate surface area is 199 Å². The number of aromatic nitrogens is 1. The fourth-order valence-electron chi connectivity index (χ4n) is 5.51. The summed E-state index contributed by atoms with van der Waals surface area (Å²) < 4.78 is 19.3. The summed E-state index contributed by atoms with van der Waals surface area (Å²) in [6.45, 7) is 0. The van der Waals surface area contributed by atoms with Crippen LogP contribution >= 0.6 is 27.5 Å². The lowest BCUT2D eigenvalue weighted by Gasteiger charge is -2.42. The summed E-state index contributed by atoms with van der Waals surface area (Å²) in [6, 6.07) is 19.6. The number of ether oxygens (including phenoxy) is 3. The van der Waals surface area contributed by atoms with Crippen molar-refractivity contribution in [1.82, 2.24) is 4.98 Å². The van der Waals surface area contributed by atoms with Crippen molar-refractivity contribution in [3.8, 4) is 5.75 Å². The predicted molar refractivity (Wildman–Crippen MR) is 124 cm³/mol. The Hall–Kier alpha value is -2.41. The molecule has 1 aliphatic heterocycles. The zero-order valence-corrected chi connectivity index (χ0v) is 19.9. The Morgan fingerprint density at radius 3 is 2.53 bits per heavy atom. The van der Waals surface area contributed by atoms with Gasteiger partial charge in [0.1, 0.15) is 11.4 Å². The molecule has 164 valence electrons. The molecule has 7 heteroatoms. The minimum absolute atomic E-state index is 0.305. The minimum atomic E-state index is -1.05. The number of halogens is 2. The average molecular weight is 515 g/mol. The molecule has 2 aliphatic rings. The molecule has 0 amide bonds. The Bertz CT molecular complexity index is 1170. The molecule has 0 saturated heterocycles. The van der Waals surface area contributed by atoms with Gasteiger partial charge < -0.3 is 14.2 Å². The van der Waals surface area contributed by atoms with Gasteiger partial charge >= 0.3 is 5.97 Å². The third-order valence-corrected chi connectivity index (χ3v) is 7.44. The Kier molecular flexibility index (Phi) is 5.27. The molecule has 1 saturated carbocycles. The SMILES string of the molecule is COC(=O)[C@H]1C[C@@]2(OC)c3ncc(Cl)cc3O[C@@]2(c2ccc(Br)cc2)[C@@H]1c1ccccc1. The maximum Gasteiger partial charge on any atom is 0.309 e. The first kappa shape index (κ1) is 21.4. The lowest BCUT2D eigenvalue weighted by atomic mass is 9.71. The van der Waals surface area contributed by atoms with E-state index in [1.54, 1.807) is 19.4 Å². The fraction of sp³-hybridized carbons (Fsp3) is 0.280. The van der Waals surface area contributed by atoms with Gasteiger partial charge in [-0.1, -0.05) is 70.0 Å². The van der Waals surface area contributed by atoms with Gasteiger partial charge in [-0.15, -0.1) is 0 Å². The summed E-state index contributed by atoms with van der Waals surface area (Å²) in [6.07, 6.45) is 1.94. The smallest absolute Gasteiger partial charge is 0.309 e. The fourth-order valence-corrected chi connectivity index (χ4v) is 5.92. The van der Waals surface area contributed by atoms with Crippen molar-refractivity contribution in [2.24, 2.45) is 5.92 Å².